The Bertz CT molecular complexity index is 939. The van der Waals surface area contributed by atoms with E-state index in [1.165, 1.54) is 32.9 Å². The molecule has 0 spiro atoms. The zero-order valence-electron chi connectivity index (χ0n) is 14.5. The van der Waals surface area contributed by atoms with Gasteiger partial charge in [0.25, 0.3) is 0 Å². The lowest BCUT2D eigenvalue weighted by Gasteiger charge is -2.34. The molecule has 0 aliphatic rings. The summed E-state index contributed by atoms with van der Waals surface area (Å²) < 4.78 is 108. The van der Waals surface area contributed by atoms with Crippen LogP contribution in [0.25, 0.3) is 0 Å². The van der Waals surface area contributed by atoms with Gasteiger partial charge in [-0.15, -0.1) is 0 Å². The Balaban J connectivity index is 2.68. The molecule has 0 aliphatic heterocycles. The monoisotopic (exact) mass is 411 g/mol. The van der Waals surface area contributed by atoms with E-state index >= 15 is 0 Å². The van der Waals surface area contributed by atoms with E-state index in [9.17, 15) is 34.8 Å². The van der Waals surface area contributed by atoms with Crippen LogP contribution in [-0.4, -0.2) is 18.3 Å². The molecule has 3 nitrogen and oxygen atoms in total. The topological polar surface area (TPSA) is 37.4 Å². The number of halogens is 6. The molecule has 0 heterocycles. The lowest BCUT2D eigenvalue weighted by Crippen LogP contribution is -2.45. The molecule has 0 aromatic heterocycles. The number of rotatable bonds is 4. The highest BCUT2D eigenvalue weighted by atomic mass is 32.2. The predicted octanol–water partition coefficient (Wildman–Crippen LogP) is 4.51. The van der Waals surface area contributed by atoms with E-state index in [2.05, 4.69) is 0 Å². The summed E-state index contributed by atoms with van der Waals surface area (Å²) in [4.78, 5) is -1.93. The summed E-state index contributed by atoms with van der Waals surface area (Å²) in [7, 11) is -5.15. The molecule has 0 atom stereocenters. The van der Waals surface area contributed by atoms with Crippen LogP contribution in [0.5, 0.6) is 0 Å². The quantitative estimate of drug-likeness (QED) is 0.422. The van der Waals surface area contributed by atoms with Gasteiger partial charge in [0.15, 0.2) is 28.2 Å². The summed E-state index contributed by atoms with van der Waals surface area (Å²) in [6.45, 7) is 3.64. The Morgan fingerprint density at radius 2 is 1.19 bits per heavy atom. The number of sulfonamides is 1. The van der Waals surface area contributed by atoms with E-state index in [4.69, 9.17) is 0 Å². The van der Waals surface area contributed by atoms with Gasteiger partial charge < -0.3 is 0 Å². The molecule has 0 bridgehead atoms. The van der Waals surface area contributed by atoms with Gasteiger partial charge in [-0.05, 0) is 38.5 Å². The third-order valence-electron chi connectivity index (χ3n) is 3.71. The second kappa shape index (κ2) is 7.16. The first kappa shape index (κ1) is 21.2. The van der Waals surface area contributed by atoms with Crippen molar-refractivity contribution in [2.24, 2.45) is 0 Å². The van der Waals surface area contributed by atoms with Crippen molar-refractivity contribution in [3.05, 3.63) is 64.7 Å². The van der Waals surface area contributed by atoms with Crippen molar-refractivity contribution in [1.82, 2.24) is 4.31 Å². The van der Waals surface area contributed by atoms with E-state index in [-0.39, 0.29) is 5.56 Å². The first-order valence-corrected chi connectivity index (χ1v) is 9.01. The molecule has 148 valence electrons. The summed E-state index contributed by atoms with van der Waals surface area (Å²) in [6, 6.07) is 4.56. The maximum atomic E-state index is 14.1. The molecule has 0 N–H and O–H groups in total. The summed E-state index contributed by atoms with van der Waals surface area (Å²) in [6.07, 6.45) is 0. The smallest absolute Gasteiger partial charge is 0.207 e. The molecule has 0 fully saturated rings. The largest absolute Gasteiger partial charge is 0.249 e. The van der Waals surface area contributed by atoms with Crippen molar-refractivity contribution in [2.45, 2.75) is 37.8 Å². The van der Waals surface area contributed by atoms with Crippen LogP contribution in [0.4, 0.5) is 26.3 Å². The molecule has 2 aromatic carbocycles. The van der Waals surface area contributed by atoms with Crippen molar-refractivity contribution in [1.29, 1.82) is 0 Å². The lowest BCUT2D eigenvalue weighted by molar-refractivity contribution is 0.239. The van der Waals surface area contributed by atoms with Crippen LogP contribution < -0.4 is 0 Å². The molecule has 0 amide bonds. The maximum Gasteiger partial charge on any atom is 0.249 e. The third kappa shape index (κ3) is 3.96. The highest BCUT2D eigenvalue weighted by Gasteiger charge is 2.41. The highest BCUT2D eigenvalue weighted by Crippen LogP contribution is 2.33. The second-order valence-electron chi connectivity index (χ2n) is 6.71. The first-order valence-electron chi connectivity index (χ1n) is 7.57. The number of hydrogen-bond donors (Lipinski definition) is 0. The van der Waals surface area contributed by atoms with E-state index in [1.54, 1.807) is 0 Å². The Morgan fingerprint density at radius 1 is 0.778 bits per heavy atom. The van der Waals surface area contributed by atoms with Crippen LogP contribution in [0, 0.1) is 34.9 Å². The molecule has 0 saturated carbocycles. The van der Waals surface area contributed by atoms with Crippen LogP contribution in [0.2, 0.25) is 0 Å². The summed E-state index contributed by atoms with van der Waals surface area (Å²) in [5, 5.41) is 0. The third-order valence-corrected chi connectivity index (χ3v) is 5.84. The minimum Gasteiger partial charge on any atom is -0.207 e. The minimum atomic E-state index is -5.15. The molecule has 0 aliphatic carbocycles. The van der Waals surface area contributed by atoms with Crippen LogP contribution in [0.15, 0.2) is 29.2 Å². The second-order valence-corrected chi connectivity index (χ2v) is 8.51. The highest BCUT2D eigenvalue weighted by molar-refractivity contribution is 7.89. The van der Waals surface area contributed by atoms with E-state index in [0.29, 0.717) is 4.31 Å². The van der Waals surface area contributed by atoms with Gasteiger partial charge in [0.05, 0.1) is 0 Å². The van der Waals surface area contributed by atoms with Gasteiger partial charge in [-0.2, -0.15) is 4.31 Å². The fourth-order valence-electron chi connectivity index (χ4n) is 2.36. The fourth-order valence-corrected chi connectivity index (χ4v) is 4.25. The first-order chi connectivity index (χ1) is 12.3. The minimum absolute atomic E-state index is 0.249. The van der Waals surface area contributed by atoms with Gasteiger partial charge in [-0.25, -0.2) is 34.8 Å². The van der Waals surface area contributed by atoms with E-state index in [0.717, 1.165) is 12.1 Å². The Kier molecular flexibility index (Phi) is 5.63. The Hall–Kier alpha value is -2.07. The standard InChI is InChI=1S/C17H15F6NO2S/c1-17(2,3)24(8-9-4-6-10(18)7-5-9)27(25,26)16-14(22)12(20)11(19)13(21)15(16)23/h4-7H,8H2,1-3H3. The average Bonchev–Trinajstić information content (AvgIpc) is 2.56. The van der Waals surface area contributed by atoms with Crippen molar-refractivity contribution in [3.8, 4) is 0 Å². The molecule has 2 rings (SSSR count). The van der Waals surface area contributed by atoms with Crippen LogP contribution in [-0.2, 0) is 16.6 Å². The van der Waals surface area contributed by atoms with Crippen LogP contribution >= 0.6 is 0 Å². The molecule has 0 unspecified atom stereocenters. The van der Waals surface area contributed by atoms with Gasteiger partial charge >= 0.3 is 0 Å². The molecule has 10 heteroatoms. The molecule has 2 aromatic rings. The number of hydrogen-bond acceptors (Lipinski definition) is 2. The fraction of sp³-hybridized carbons (Fsp3) is 0.294. The molecule has 0 radical (unpaired) electrons. The summed E-state index contributed by atoms with van der Waals surface area (Å²) in [5.41, 5.74) is -1.05. The SMILES string of the molecule is CC(C)(C)N(Cc1ccc(F)cc1)S(=O)(=O)c1c(F)c(F)c(F)c(F)c1F. The average molecular weight is 411 g/mol. The lowest BCUT2D eigenvalue weighted by atomic mass is 10.1. The zero-order chi connectivity index (χ0) is 20.7. The van der Waals surface area contributed by atoms with Gasteiger partial charge in [-0.3, -0.25) is 0 Å². The summed E-state index contributed by atoms with van der Waals surface area (Å²) in [5.74, 6) is -12.7. The van der Waals surface area contributed by atoms with Crippen molar-refractivity contribution < 1.29 is 34.8 Å². The van der Waals surface area contributed by atoms with E-state index < -0.39 is 61.9 Å². The molecular formula is C17H15F6NO2S. The Labute approximate surface area is 152 Å². The normalized spacial score (nSPS) is 12.7. The van der Waals surface area contributed by atoms with E-state index in [1.807, 2.05) is 0 Å². The maximum absolute atomic E-state index is 14.1. The zero-order valence-corrected chi connectivity index (χ0v) is 15.3. The number of benzene rings is 2. The Morgan fingerprint density at radius 3 is 1.59 bits per heavy atom. The summed E-state index contributed by atoms with van der Waals surface area (Å²) >= 11 is 0. The number of nitrogens with zero attached hydrogens (tertiary/aromatic N) is 1. The predicted molar refractivity (Wildman–Crippen MR) is 85.1 cm³/mol. The van der Waals surface area contributed by atoms with Gasteiger partial charge in [0.2, 0.25) is 15.8 Å². The van der Waals surface area contributed by atoms with Crippen molar-refractivity contribution in [2.75, 3.05) is 0 Å². The molecular weight excluding hydrogens is 396 g/mol. The van der Waals surface area contributed by atoms with Gasteiger partial charge in [-0.1, -0.05) is 12.1 Å². The van der Waals surface area contributed by atoms with Crippen LogP contribution in [0.3, 0.4) is 0 Å². The van der Waals surface area contributed by atoms with Gasteiger partial charge in [0.1, 0.15) is 5.82 Å². The van der Waals surface area contributed by atoms with Crippen molar-refractivity contribution >= 4 is 10.0 Å². The van der Waals surface area contributed by atoms with Gasteiger partial charge in [0, 0.05) is 12.1 Å². The van der Waals surface area contributed by atoms with Crippen molar-refractivity contribution in [3.63, 3.8) is 0 Å². The van der Waals surface area contributed by atoms with Crippen LogP contribution in [0.1, 0.15) is 26.3 Å². The molecule has 27 heavy (non-hydrogen) atoms. The molecule has 0 saturated heterocycles.